The minimum Gasteiger partial charge on any atom is -0.343 e. The minimum absolute atomic E-state index is 0.0595. The molecule has 2 aromatic carbocycles. The van der Waals surface area contributed by atoms with Crippen molar-refractivity contribution in [1.29, 1.82) is 0 Å². The smallest absolute Gasteiger partial charge is 0.251 e. The highest BCUT2D eigenvalue weighted by Crippen LogP contribution is 2.20. The number of hydrogen-bond acceptors (Lipinski definition) is 4. The van der Waals surface area contributed by atoms with Crippen molar-refractivity contribution >= 4 is 39.1 Å². The molecular formula is C18H20ClN3O4S. The first kappa shape index (κ1) is 20.9. The molecule has 27 heavy (non-hydrogen) atoms. The van der Waals surface area contributed by atoms with Crippen LogP contribution in [0.25, 0.3) is 0 Å². The van der Waals surface area contributed by atoms with Crippen LogP contribution in [0.3, 0.4) is 0 Å². The maximum atomic E-state index is 12.1. The van der Waals surface area contributed by atoms with E-state index >= 15 is 0 Å². The highest BCUT2D eigenvalue weighted by Gasteiger charge is 2.16. The van der Waals surface area contributed by atoms with Gasteiger partial charge in [-0.1, -0.05) is 23.7 Å². The third-order valence-corrected chi connectivity index (χ3v) is 5.38. The molecule has 0 saturated carbocycles. The molecule has 2 aromatic rings. The summed E-state index contributed by atoms with van der Waals surface area (Å²) < 4.78 is 26.6. The largest absolute Gasteiger partial charge is 0.343 e. The van der Waals surface area contributed by atoms with E-state index in [4.69, 9.17) is 11.6 Å². The SMILES string of the molecule is CC(C)NS(=O)(=O)c1ccc(C(=O)NCC(=O)Nc2ccccc2Cl)cc1. The molecule has 0 unspecified atom stereocenters. The maximum Gasteiger partial charge on any atom is 0.251 e. The van der Waals surface area contributed by atoms with Crippen LogP contribution in [0, 0.1) is 0 Å². The molecule has 144 valence electrons. The first-order valence-corrected chi connectivity index (χ1v) is 10.00. The van der Waals surface area contributed by atoms with Crippen LogP contribution >= 0.6 is 11.6 Å². The lowest BCUT2D eigenvalue weighted by Crippen LogP contribution is -2.33. The molecule has 0 aromatic heterocycles. The Hall–Kier alpha value is -2.42. The van der Waals surface area contributed by atoms with Crippen molar-refractivity contribution in [3.05, 3.63) is 59.1 Å². The van der Waals surface area contributed by atoms with Gasteiger partial charge in [-0.05, 0) is 50.2 Å². The van der Waals surface area contributed by atoms with Crippen LogP contribution < -0.4 is 15.4 Å². The number of nitrogens with one attached hydrogen (secondary N) is 3. The van der Waals surface area contributed by atoms with Gasteiger partial charge in [0.1, 0.15) is 0 Å². The lowest BCUT2D eigenvalue weighted by atomic mass is 10.2. The molecule has 2 amide bonds. The zero-order valence-electron chi connectivity index (χ0n) is 14.8. The molecule has 9 heteroatoms. The van der Waals surface area contributed by atoms with Gasteiger partial charge in [-0.3, -0.25) is 9.59 Å². The van der Waals surface area contributed by atoms with Gasteiger partial charge in [0.05, 0.1) is 22.2 Å². The minimum atomic E-state index is -3.62. The third kappa shape index (κ3) is 6.06. The second-order valence-corrected chi connectivity index (χ2v) is 8.13. The lowest BCUT2D eigenvalue weighted by Gasteiger charge is -2.10. The van der Waals surface area contributed by atoms with Crippen LogP contribution in [0.2, 0.25) is 5.02 Å². The maximum absolute atomic E-state index is 12.1. The van der Waals surface area contributed by atoms with Gasteiger partial charge in [0, 0.05) is 11.6 Å². The van der Waals surface area contributed by atoms with Crippen molar-refractivity contribution in [3.8, 4) is 0 Å². The first-order valence-electron chi connectivity index (χ1n) is 8.14. The molecule has 3 N–H and O–H groups in total. The summed E-state index contributed by atoms with van der Waals surface area (Å²) in [6.45, 7) is 3.18. The van der Waals surface area contributed by atoms with E-state index in [0.29, 0.717) is 10.7 Å². The Balaban J connectivity index is 1.94. The van der Waals surface area contributed by atoms with Crippen LogP contribution in [-0.2, 0) is 14.8 Å². The summed E-state index contributed by atoms with van der Waals surface area (Å²) in [4.78, 5) is 24.1. The van der Waals surface area contributed by atoms with Gasteiger partial charge >= 0.3 is 0 Å². The van der Waals surface area contributed by atoms with E-state index in [1.807, 2.05) is 0 Å². The molecule has 0 aliphatic heterocycles. The quantitative estimate of drug-likeness (QED) is 0.653. The lowest BCUT2D eigenvalue weighted by molar-refractivity contribution is -0.115. The highest BCUT2D eigenvalue weighted by molar-refractivity contribution is 7.89. The van der Waals surface area contributed by atoms with E-state index < -0.39 is 21.8 Å². The molecule has 0 fully saturated rings. The molecule has 0 saturated heterocycles. The second-order valence-electron chi connectivity index (χ2n) is 6.01. The molecule has 0 bridgehead atoms. The monoisotopic (exact) mass is 409 g/mol. The summed E-state index contributed by atoms with van der Waals surface area (Å²) >= 11 is 5.95. The van der Waals surface area contributed by atoms with Gasteiger partial charge in [0.2, 0.25) is 15.9 Å². The summed E-state index contributed by atoms with van der Waals surface area (Å²) in [5.41, 5.74) is 0.690. The Morgan fingerprint density at radius 1 is 1.04 bits per heavy atom. The van der Waals surface area contributed by atoms with Crippen molar-refractivity contribution in [1.82, 2.24) is 10.0 Å². The van der Waals surface area contributed by atoms with Gasteiger partial charge in [-0.15, -0.1) is 0 Å². The summed E-state index contributed by atoms with van der Waals surface area (Å²) in [6, 6.07) is 11.9. The topological polar surface area (TPSA) is 104 Å². The second kappa shape index (κ2) is 8.98. The van der Waals surface area contributed by atoms with E-state index in [1.54, 1.807) is 38.1 Å². The van der Waals surface area contributed by atoms with Crippen molar-refractivity contribution in [2.45, 2.75) is 24.8 Å². The predicted octanol–water partition coefficient (Wildman–Crippen LogP) is 2.40. The van der Waals surface area contributed by atoms with Crippen LogP contribution in [-0.4, -0.2) is 32.8 Å². The van der Waals surface area contributed by atoms with Crippen LogP contribution in [0.4, 0.5) is 5.69 Å². The fraction of sp³-hybridized carbons (Fsp3) is 0.222. The molecule has 0 spiro atoms. The summed E-state index contributed by atoms with van der Waals surface area (Å²) in [6.07, 6.45) is 0. The van der Waals surface area contributed by atoms with Gasteiger partial charge in [-0.2, -0.15) is 0 Å². The van der Waals surface area contributed by atoms with Gasteiger partial charge in [0.15, 0.2) is 0 Å². The molecular weight excluding hydrogens is 390 g/mol. The zero-order chi connectivity index (χ0) is 20.0. The number of carbonyl (C=O) groups is 2. The highest BCUT2D eigenvalue weighted by atomic mass is 35.5. The van der Waals surface area contributed by atoms with E-state index in [-0.39, 0.29) is 23.0 Å². The fourth-order valence-electron chi connectivity index (χ4n) is 2.18. The molecule has 0 atom stereocenters. The number of para-hydroxylation sites is 1. The first-order chi connectivity index (χ1) is 12.7. The van der Waals surface area contributed by atoms with E-state index in [1.165, 1.54) is 24.3 Å². The summed E-state index contributed by atoms with van der Waals surface area (Å²) in [5, 5.41) is 5.45. The number of benzene rings is 2. The predicted molar refractivity (Wildman–Crippen MR) is 104 cm³/mol. The third-order valence-electron chi connectivity index (χ3n) is 3.38. The van der Waals surface area contributed by atoms with Crippen LogP contribution in [0.15, 0.2) is 53.4 Å². The average Bonchev–Trinajstić information content (AvgIpc) is 2.61. The number of hydrogen-bond donors (Lipinski definition) is 3. The Kier molecular flexibility index (Phi) is 6.95. The van der Waals surface area contributed by atoms with E-state index in [9.17, 15) is 18.0 Å². The normalized spacial score (nSPS) is 11.3. The number of amides is 2. The Morgan fingerprint density at radius 2 is 1.67 bits per heavy atom. The molecule has 0 aliphatic carbocycles. The van der Waals surface area contributed by atoms with Crippen molar-refractivity contribution in [2.24, 2.45) is 0 Å². The van der Waals surface area contributed by atoms with Crippen molar-refractivity contribution in [2.75, 3.05) is 11.9 Å². The number of halogens is 1. The van der Waals surface area contributed by atoms with Crippen LogP contribution in [0.5, 0.6) is 0 Å². The molecule has 0 heterocycles. The molecule has 7 nitrogen and oxygen atoms in total. The average molecular weight is 410 g/mol. The molecule has 0 radical (unpaired) electrons. The Morgan fingerprint density at radius 3 is 2.26 bits per heavy atom. The van der Waals surface area contributed by atoms with Crippen LogP contribution in [0.1, 0.15) is 24.2 Å². The van der Waals surface area contributed by atoms with Gasteiger partial charge in [-0.25, -0.2) is 13.1 Å². The van der Waals surface area contributed by atoms with Crippen molar-refractivity contribution in [3.63, 3.8) is 0 Å². The van der Waals surface area contributed by atoms with Gasteiger partial charge in [0.25, 0.3) is 5.91 Å². The molecule has 0 aliphatic rings. The molecule has 2 rings (SSSR count). The van der Waals surface area contributed by atoms with Gasteiger partial charge < -0.3 is 10.6 Å². The zero-order valence-corrected chi connectivity index (χ0v) is 16.4. The Labute approximate surface area is 163 Å². The summed E-state index contributed by atoms with van der Waals surface area (Å²) in [5.74, 6) is -0.929. The van der Waals surface area contributed by atoms with Crippen molar-refractivity contribution < 1.29 is 18.0 Å². The standard InChI is InChI=1S/C18H20ClN3O4S/c1-12(2)22-27(25,26)14-9-7-13(8-10-14)18(24)20-11-17(23)21-16-6-4-3-5-15(16)19/h3-10,12,22H,11H2,1-2H3,(H,20,24)(H,21,23). The summed E-state index contributed by atoms with van der Waals surface area (Å²) in [7, 11) is -3.62. The number of anilines is 1. The Bertz CT molecular complexity index is 928. The number of carbonyl (C=O) groups excluding carboxylic acids is 2. The number of sulfonamides is 1. The van der Waals surface area contributed by atoms with E-state index in [2.05, 4.69) is 15.4 Å². The van der Waals surface area contributed by atoms with E-state index in [0.717, 1.165) is 0 Å². The fourth-order valence-corrected chi connectivity index (χ4v) is 3.62. The number of rotatable bonds is 7.